The lowest BCUT2D eigenvalue weighted by atomic mass is 9.92. The number of anilines is 1. The van der Waals surface area contributed by atoms with Crippen molar-refractivity contribution in [3.63, 3.8) is 0 Å². The quantitative estimate of drug-likeness (QED) is 0.865. The molecule has 0 aromatic carbocycles. The summed E-state index contributed by atoms with van der Waals surface area (Å²) in [5.41, 5.74) is 2.11. The van der Waals surface area contributed by atoms with Crippen LogP contribution in [-0.4, -0.2) is 27.2 Å². The lowest BCUT2D eigenvalue weighted by Gasteiger charge is -2.22. The van der Waals surface area contributed by atoms with Crippen LogP contribution in [0.3, 0.4) is 0 Å². The van der Waals surface area contributed by atoms with Gasteiger partial charge in [-0.25, -0.2) is 9.50 Å². The van der Waals surface area contributed by atoms with E-state index in [-0.39, 0.29) is 5.41 Å². The molecule has 0 bridgehead atoms. The highest BCUT2D eigenvalue weighted by molar-refractivity contribution is 5.70. The van der Waals surface area contributed by atoms with Crippen molar-refractivity contribution in [3.05, 3.63) is 24.2 Å². The molecule has 0 atom stereocenters. The molecule has 0 saturated heterocycles. The van der Waals surface area contributed by atoms with Gasteiger partial charge in [-0.2, -0.15) is 10.4 Å². The minimum atomic E-state index is 0.0142. The van der Waals surface area contributed by atoms with Crippen molar-refractivity contribution in [1.82, 2.24) is 14.6 Å². The molecule has 2 aromatic heterocycles. The van der Waals surface area contributed by atoms with Crippen molar-refractivity contribution in [2.24, 2.45) is 0 Å². The standard InChI is InChI=1S/C16H21N5/c1-16(2,3)14-11-13-15(18-8-10-21(13)19-14)20(9-4-7-17)12-5-6-12/h8,10-12H,4-6,9H2,1-3H3. The normalized spacial score (nSPS) is 15.1. The molecule has 0 unspecified atom stereocenters. The number of fused-ring (bicyclic) bond motifs is 1. The second-order valence-electron chi connectivity index (χ2n) is 6.69. The van der Waals surface area contributed by atoms with Crippen LogP contribution in [0.25, 0.3) is 5.52 Å². The fourth-order valence-corrected chi connectivity index (χ4v) is 2.51. The van der Waals surface area contributed by atoms with E-state index in [1.807, 2.05) is 10.7 Å². The van der Waals surface area contributed by atoms with E-state index in [1.54, 1.807) is 6.20 Å². The fraction of sp³-hybridized carbons (Fsp3) is 0.562. The molecule has 1 fully saturated rings. The molecule has 5 heteroatoms. The predicted molar refractivity (Wildman–Crippen MR) is 82.3 cm³/mol. The summed E-state index contributed by atoms with van der Waals surface area (Å²) in [6, 6.07) is 4.90. The van der Waals surface area contributed by atoms with Gasteiger partial charge in [0, 0.05) is 30.4 Å². The summed E-state index contributed by atoms with van der Waals surface area (Å²) in [7, 11) is 0. The zero-order valence-electron chi connectivity index (χ0n) is 12.9. The molecule has 3 rings (SSSR count). The van der Waals surface area contributed by atoms with Gasteiger partial charge in [-0.1, -0.05) is 20.8 Å². The summed E-state index contributed by atoms with van der Waals surface area (Å²) in [5, 5.41) is 13.5. The Balaban J connectivity index is 2.05. The molecule has 110 valence electrons. The van der Waals surface area contributed by atoms with Crippen molar-refractivity contribution in [1.29, 1.82) is 5.26 Å². The van der Waals surface area contributed by atoms with Crippen molar-refractivity contribution in [2.75, 3.05) is 11.4 Å². The van der Waals surface area contributed by atoms with E-state index in [0.717, 1.165) is 23.6 Å². The number of hydrogen-bond acceptors (Lipinski definition) is 4. The Kier molecular flexibility index (Phi) is 3.32. The average molecular weight is 283 g/mol. The molecule has 0 spiro atoms. The maximum Gasteiger partial charge on any atom is 0.154 e. The van der Waals surface area contributed by atoms with Gasteiger partial charge in [0.1, 0.15) is 5.52 Å². The third-order valence-electron chi connectivity index (χ3n) is 3.86. The molecule has 0 N–H and O–H groups in total. The Labute approximate surface area is 125 Å². The third-order valence-corrected chi connectivity index (χ3v) is 3.86. The SMILES string of the molecule is CC(C)(C)c1cc2c(N(CCC#N)C3CC3)nccn2n1. The number of nitriles is 1. The van der Waals surface area contributed by atoms with Gasteiger partial charge in [0.2, 0.25) is 0 Å². The smallest absolute Gasteiger partial charge is 0.154 e. The molecule has 5 nitrogen and oxygen atoms in total. The van der Waals surface area contributed by atoms with E-state index in [0.29, 0.717) is 12.5 Å². The molecular weight excluding hydrogens is 262 g/mol. The Hall–Kier alpha value is -2.09. The Morgan fingerprint density at radius 3 is 2.81 bits per heavy atom. The van der Waals surface area contributed by atoms with E-state index < -0.39 is 0 Å². The van der Waals surface area contributed by atoms with Gasteiger partial charge in [0.15, 0.2) is 5.82 Å². The molecule has 2 aromatic rings. The van der Waals surface area contributed by atoms with Gasteiger partial charge < -0.3 is 4.90 Å². The average Bonchev–Trinajstić information content (AvgIpc) is 3.15. The van der Waals surface area contributed by atoms with Crippen LogP contribution < -0.4 is 4.90 Å². The molecule has 0 amide bonds. The van der Waals surface area contributed by atoms with Crippen LogP contribution >= 0.6 is 0 Å². The minimum absolute atomic E-state index is 0.0142. The van der Waals surface area contributed by atoms with E-state index in [2.05, 4.69) is 47.9 Å². The maximum absolute atomic E-state index is 8.87. The zero-order chi connectivity index (χ0) is 15.0. The van der Waals surface area contributed by atoms with Crippen LogP contribution in [0.15, 0.2) is 18.5 Å². The first kappa shape index (κ1) is 13.9. The molecule has 0 aliphatic heterocycles. The van der Waals surface area contributed by atoms with Crippen LogP contribution in [0.1, 0.15) is 45.7 Å². The number of rotatable bonds is 4. The van der Waals surface area contributed by atoms with E-state index in [9.17, 15) is 0 Å². The van der Waals surface area contributed by atoms with Crippen LogP contribution in [0.5, 0.6) is 0 Å². The van der Waals surface area contributed by atoms with Gasteiger partial charge >= 0.3 is 0 Å². The highest BCUT2D eigenvalue weighted by Gasteiger charge is 2.31. The van der Waals surface area contributed by atoms with Crippen molar-refractivity contribution < 1.29 is 0 Å². The van der Waals surface area contributed by atoms with Crippen LogP contribution in [0, 0.1) is 11.3 Å². The van der Waals surface area contributed by atoms with Gasteiger partial charge in [-0.3, -0.25) is 0 Å². The van der Waals surface area contributed by atoms with Gasteiger partial charge in [0.25, 0.3) is 0 Å². The first-order chi connectivity index (χ1) is 10.0. The number of aromatic nitrogens is 3. The fourth-order valence-electron chi connectivity index (χ4n) is 2.51. The maximum atomic E-state index is 8.87. The van der Waals surface area contributed by atoms with Crippen molar-refractivity contribution in [3.8, 4) is 6.07 Å². The Bertz CT molecular complexity index is 685. The monoisotopic (exact) mass is 283 g/mol. The zero-order valence-corrected chi connectivity index (χ0v) is 12.9. The molecule has 1 saturated carbocycles. The minimum Gasteiger partial charge on any atom is -0.351 e. The summed E-state index contributed by atoms with van der Waals surface area (Å²) < 4.78 is 1.91. The second-order valence-corrected chi connectivity index (χ2v) is 6.69. The van der Waals surface area contributed by atoms with Gasteiger partial charge in [-0.05, 0) is 18.9 Å². The lowest BCUT2D eigenvalue weighted by Crippen LogP contribution is -2.28. The summed E-state index contributed by atoms with van der Waals surface area (Å²) in [6.45, 7) is 7.23. The first-order valence-electron chi connectivity index (χ1n) is 7.49. The topological polar surface area (TPSA) is 57.2 Å². The molecule has 1 aliphatic rings. The Morgan fingerprint density at radius 1 is 1.43 bits per heavy atom. The van der Waals surface area contributed by atoms with E-state index in [1.165, 1.54) is 12.8 Å². The summed E-state index contributed by atoms with van der Waals surface area (Å²) in [5.74, 6) is 0.957. The van der Waals surface area contributed by atoms with Crippen LogP contribution in [0.4, 0.5) is 5.82 Å². The third kappa shape index (κ3) is 2.71. The van der Waals surface area contributed by atoms with Crippen molar-refractivity contribution in [2.45, 2.75) is 51.5 Å². The molecule has 2 heterocycles. The van der Waals surface area contributed by atoms with Gasteiger partial charge in [-0.15, -0.1) is 0 Å². The molecule has 21 heavy (non-hydrogen) atoms. The summed E-state index contributed by atoms with van der Waals surface area (Å²) in [4.78, 5) is 6.84. The number of hydrogen-bond donors (Lipinski definition) is 0. The molecule has 0 radical (unpaired) electrons. The van der Waals surface area contributed by atoms with Crippen LogP contribution in [-0.2, 0) is 5.41 Å². The number of nitrogens with zero attached hydrogens (tertiary/aromatic N) is 5. The Morgan fingerprint density at radius 2 is 2.19 bits per heavy atom. The highest BCUT2D eigenvalue weighted by atomic mass is 15.3. The molecular formula is C16H21N5. The highest BCUT2D eigenvalue weighted by Crippen LogP contribution is 2.34. The predicted octanol–water partition coefficient (Wildman–Crippen LogP) is 2.91. The first-order valence-corrected chi connectivity index (χ1v) is 7.49. The second kappa shape index (κ2) is 5.03. The summed E-state index contributed by atoms with van der Waals surface area (Å²) >= 11 is 0. The van der Waals surface area contributed by atoms with Gasteiger partial charge in [0.05, 0.1) is 18.2 Å². The van der Waals surface area contributed by atoms with E-state index >= 15 is 0 Å². The lowest BCUT2D eigenvalue weighted by molar-refractivity contribution is 0.562. The summed E-state index contributed by atoms with van der Waals surface area (Å²) in [6.07, 6.45) is 6.59. The van der Waals surface area contributed by atoms with Crippen LogP contribution in [0.2, 0.25) is 0 Å². The largest absolute Gasteiger partial charge is 0.351 e. The van der Waals surface area contributed by atoms with Crippen molar-refractivity contribution >= 4 is 11.3 Å². The van der Waals surface area contributed by atoms with E-state index in [4.69, 9.17) is 5.26 Å². The molecule has 1 aliphatic carbocycles.